The highest BCUT2D eigenvalue weighted by molar-refractivity contribution is 7.91. The highest BCUT2D eigenvalue weighted by Gasteiger charge is 2.74. The lowest BCUT2D eigenvalue weighted by molar-refractivity contribution is -0.149. The van der Waals surface area contributed by atoms with Crippen LogP contribution < -0.4 is 5.73 Å². The number of carbonyl (C=O) groups excluding carboxylic acids is 1. The van der Waals surface area contributed by atoms with E-state index >= 15 is 0 Å². The standard InChI is InChI=1S/C14H19NO4S/c1-3-19-13(16)14(9-15)11(12(14)20(2,17)18)10-7-5-4-6-8-10/h4-8,11-12H,3,9,15H2,1-2H3/t11-,12-,14-/m1/s1. The van der Waals surface area contributed by atoms with Crippen molar-refractivity contribution < 1.29 is 17.9 Å². The van der Waals surface area contributed by atoms with E-state index in [0.29, 0.717) is 0 Å². The van der Waals surface area contributed by atoms with Crippen LogP contribution in [0.4, 0.5) is 0 Å². The van der Waals surface area contributed by atoms with Gasteiger partial charge in [0.1, 0.15) is 5.41 Å². The fraction of sp³-hybridized carbons (Fsp3) is 0.500. The molecule has 0 radical (unpaired) electrons. The van der Waals surface area contributed by atoms with Gasteiger partial charge in [0.25, 0.3) is 0 Å². The maximum atomic E-state index is 12.2. The largest absolute Gasteiger partial charge is 0.465 e. The number of hydrogen-bond acceptors (Lipinski definition) is 5. The number of hydrogen-bond donors (Lipinski definition) is 1. The van der Waals surface area contributed by atoms with Crippen LogP contribution in [0, 0.1) is 5.41 Å². The SMILES string of the molecule is CCOC(=O)[C@]1(CN)[C@H](c2ccccc2)[C@H]1S(C)(=O)=O. The predicted octanol–water partition coefficient (Wildman–Crippen LogP) is 0.705. The third kappa shape index (κ3) is 2.23. The van der Waals surface area contributed by atoms with Crippen molar-refractivity contribution in [1.82, 2.24) is 0 Å². The van der Waals surface area contributed by atoms with Crippen LogP contribution in [0.1, 0.15) is 18.4 Å². The zero-order valence-electron chi connectivity index (χ0n) is 11.6. The number of ether oxygens (including phenoxy) is 1. The summed E-state index contributed by atoms with van der Waals surface area (Å²) in [5, 5.41) is -0.804. The van der Waals surface area contributed by atoms with Crippen molar-refractivity contribution in [3.8, 4) is 0 Å². The van der Waals surface area contributed by atoms with E-state index in [4.69, 9.17) is 10.5 Å². The number of rotatable bonds is 5. The maximum Gasteiger partial charge on any atom is 0.315 e. The van der Waals surface area contributed by atoms with Crippen LogP contribution in [-0.2, 0) is 19.4 Å². The summed E-state index contributed by atoms with van der Waals surface area (Å²) in [7, 11) is -3.39. The first-order chi connectivity index (χ1) is 9.39. The maximum absolute atomic E-state index is 12.2. The second-order valence-electron chi connectivity index (χ2n) is 5.10. The molecule has 1 aromatic rings. The molecular weight excluding hydrogens is 278 g/mol. The monoisotopic (exact) mass is 297 g/mol. The van der Waals surface area contributed by atoms with Crippen LogP contribution in [0.15, 0.2) is 30.3 Å². The van der Waals surface area contributed by atoms with Gasteiger partial charge in [-0.2, -0.15) is 0 Å². The van der Waals surface area contributed by atoms with E-state index in [2.05, 4.69) is 0 Å². The quantitative estimate of drug-likeness (QED) is 0.809. The summed E-state index contributed by atoms with van der Waals surface area (Å²) in [4.78, 5) is 12.2. The lowest BCUT2D eigenvalue weighted by atomic mass is 9.99. The van der Waals surface area contributed by atoms with Gasteiger partial charge in [0.15, 0.2) is 9.84 Å². The summed E-state index contributed by atoms with van der Waals surface area (Å²) in [6.45, 7) is 1.86. The van der Waals surface area contributed by atoms with Gasteiger partial charge >= 0.3 is 5.97 Å². The molecular formula is C14H19NO4S. The molecule has 0 heterocycles. The van der Waals surface area contributed by atoms with Crippen LogP contribution in [0.25, 0.3) is 0 Å². The Kier molecular flexibility index (Phi) is 3.88. The van der Waals surface area contributed by atoms with Crippen LogP contribution in [-0.4, -0.2) is 39.0 Å². The van der Waals surface area contributed by atoms with E-state index in [1.54, 1.807) is 6.92 Å². The van der Waals surface area contributed by atoms with E-state index in [0.717, 1.165) is 11.8 Å². The van der Waals surface area contributed by atoms with Crippen molar-refractivity contribution in [3.05, 3.63) is 35.9 Å². The van der Waals surface area contributed by atoms with Crippen molar-refractivity contribution in [2.45, 2.75) is 18.1 Å². The predicted molar refractivity (Wildman–Crippen MR) is 75.9 cm³/mol. The van der Waals surface area contributed by atoms with Gasteiger partial charge in [-0.25, -0.2) is 8.42 Å². The number of benzene rings is 1. The Hall–Kier alpha value is -1.40. The van der Waals surface area contributed by atoms with Gasteiger partial charge in [0.05, 0.1) is 11.9 Å². The van der Waals surface area contributed by atoms with Gasteiger partial charge in [-0.15, -0.1) is 0 Å². The number of esters is 1. The molecule has 1 aliphatic rings. The zero-order chi connectivity index (χ0) is 15.0. The van der Waals surface area contributed by atoms with Crippen LogP contribution in [0.2, 0.25) is 0 Å². The minimum absolute atomic E-state index is 0.0386. The second-order valence-corrected chi connectivity index (χ2v) is 7.27. The number of nitrogens with two attached hydrogens (primary N) is 1. The molecule has 1 aliphatic carbocycles. The average molecular weight is 297 g/mol. The fourth-order valence-electron chi connectivity index (χ4n) is 3.00. The Balaban J connectivity index is 2.47. The summed E-state index contributed by atoms with van der Waals surface area (Å²) in [6.07, 6.45) is 1.14. The molecule has 2 rings (SSSR count). The Labute approximate surface area is 119 Å². The topological polar surface area (TPSA) is 86.5 Å². The summed E-state index contributed by atoms with van der Waals surface area (Å²) < 4.78 is 29.0. The summed E-state index contributed by atoms with van der Waals surface area (Å²) in [5.74, 6) is -0.950. The fourth-order valence-corrected chi connectivity index (χ4v) is 4.92. The van der Waals surface area contributed by atoms with Crippen molar-refractivity contribution in [3.63, 3.8) is 0 Å². The Morgan fingerprint density at radius 2 is 1.95 bits per heavy atom. The average Bonchev–Trinajstić information content (AvgIpc) is 3.11. The third-order valence-corrected chi connectivity index (χ3v) is 5.48. The van der Waals surface area contributed by atoms with Crippen LogP contribution in [0.5, 0.6) is 0 Å². The molecule has 0 saturated heterocycles. The minimum atomic E-state index is -3.39. The molecule has 1 aromatic carbocycles. The van der Waals surface area contributed by atoms with Gasteiger partial charge < -0.3 is 10.5 Å². The van der Waals surface area contributed by atoms with Crippen molar-refractivity contribution in [2.24, 2.45) is 11.1 Å². The molecule has 1 fully saturated rings. The minimum Gasteiger partial charge on any atom is -0.465 e. The van der Waals surface area contributed by atoms with Gasteiger partial charge in [0.2, 0.25) is 0 Å². The normalized spacial score (nSPS) is 28.9. The van der Waals surface area contributed by atoms with Crippen LogP contribution >= 0.6 is 0 Å². The number of carbonyl (C=O) groups is 1. The van der Waals surface area contributed by atoms with Gasteiger partial charge in [-0.3, -0.25) is 4.79 Å². The molecule has 0 aromatic heterocycles. The summed E-state index contributed by atoms with van der Waals surface area (Å²) in [5.41, 5.74) is 5.41. The van der Waals surface area contributed by atoms with Crippen molar-refractivity contribution >= 4 is 15.8 Å². The lowest BCUT2D eigenvalue weighted by Crippen LogP contribution is -2.33. The molecule has 3 atom stereocenters. The zero-order valence-corrected chi connectivity index (χ0v) is 12.4. The highest BCUT2D eigenvalue weighted by Crippen LogP contribution is 2.62. The smallest absolute Gasteiger partial charge is 0.315 e. The Morgan fingerprint density at radius 1 is 1.35 bits per heavy atom. The molecule has 0 aliphatic heterocycles. The van der Waals surface area contributed by atoms with Gasteiger partial charge in [0, 0.05) is 18.7 Å². The van der Waals surface area contributed by atoms with E-state index in [9.17, 15) is 13.2 Å². The molecule has 5 nitrogen and oxygen atoms in total. The lowest BCUT2D eigenvalue weighted by Gasteiger charge is -2.14. The van der Waals surface area contributed by atoms with Gasteiger partial charge in [-0.1, -0.05) is 30.3 Å². The number of sulfone groups is 1. The van der Waals surface area contributed by atoms with E-state index in [1.165, 1.54) is 0 Å². The molecule has 110 valence electrons. The third-order valence-electron chi connectivity index (χ3n) is 3.87. The summed E-state index contributed by atoms with van der Waals surface area (Å²) >= 11 is 0. The first-order valence-corrected chi connectivity index (χ1v) is 8.46. The van der Waals surface area contributed by atoms with Gasteiger partial charge in [-0.05, 0) is 12.5 Å². The van der Waals surface area contributed by atoms with Crippen LogP contribution in [0.3, 0.4) is 0 Å². The molecule has 0 unspecified atom stereocenters. The van der Waals surface area contributed by atoms with E-state index in [1.807, 2.05) is 30.3 Å². The first kappa shape index (κ1) is 15.0. The Bertz CT molecular complexity index is 599. The highest BCUT2D eigenvalue weighted by atomic mass is 32.2. The first-order valence-electron chi connectivity index (χ1n) is 6.50. The van der Waals surface area contributed by atoms with Crippen molar-refractivity contribution in [1.29, 1.82) is 0 Å². The van der Waals surface area contributed by atoms with E-state index < -0.39 is 32.4 Å². The molecule has 2 N–H and O–H groups in total. The molecule has 1 saturated carbocycles. The van der Waals surface area contributed by atoms with E-state index in [-0.39, 0.29) is 13.2 Å². The molecule has 0 bridgehead atoms. The Morgan fingerprint density at radius 3 is 2.40 bits per heavy atom. The second kappa shape index (κ2) is 5.18. The summed E-state index contributed by atoms with van der Waals surface area (Å²) in [6, 6.07) is 9.12. The molecule has 20 heavy (non-hydrogen) atoms. The van der Waals surface area contributed by atoms with Crippen molar-refractivity contribution in [2.75, 3.05) is 19.4 Å². The molecule has 6 heteroatoms. The molecule has 0 amide bonds. The molecule has 0 spiro atoms.